The molecule has 0 heterocycles. The lowest BCUT2D eigenvalue weighted by atomic mass is 10.1. The molecule has 23 heavy (non-hydrogen) atoms. The monoisotopic (exact) mass is 360 g/mol. The van der Waals surface area contributed by atoms with Crippen LogP contribution in [0.5, 0.6) is 0 Å². The number of rotatable bonds is 4. The Hall–Kier alpha value is -1.46. The van der Waals surface area contributed by atoms with Crippen LogP contribution in [0.25, 0.3) is 0 Å². The molecular formula is C16H22Cl2N2O3. The lowest BCUT2D eigenvalue weighted by molar-refractivity contribution is -0.123. The van der Waals surface area contributed by atoms with Gasteiger partial charge in [-0.05, 0) is 52.3 Å². The summed E-state index contributed by atoms with van der Waals surface area (Å²) in [6, 6.07) is 4.01. The molecule has 0 saturated carbocycles. The molecule has 0 radical (unpaired) electrons. The fraction of sp³-hybridized carbons (Fsp3) is 0.500. The zero-order valence-electron chi connectivity index (χ0n) is 13.9. The summed E-state index contributed by atoms with van der Waals surface area (Å²) in [5.74, 6) is -0.339. The molecule has 7 heteroatoms. The summed E-state index contributed by atoms with van der Waals surface area (Å²) < 4.78 is 5.11. The van der Waals surface area contributed by atoms with E-state index in [0.717, 1.165) is 5.56 Å². The molecule has 0 spiro atoms. The number of carbonyl (C=O) groups excluding carboxylic acids is 2. The van der Waals surface area contributed by atoms with Gasteiger partial charge in [-0.3, -0.25) is 4.79 Å². The highest BCUT2D eigenvalue weighted by atomic mass is 35.5. The first-order valence-electron chi connectivity index (χ1n) is 7.24. The van der Waals surface area contributed by atoms with Crippen molar-refractivity contribution in [2.45, 2.75) is 52.3 Å². The fourth-order valence-corrected chi connectivity index (χ4v) is 2.39. The van der Waals surface area contributed by atoms with Crippen LogP contribution in [0.15, 0.2) is 18.2 Å². The molecule has 0 aromatic heterocycles. The number of halogens is 2. The van der Waals surface area contributed by atoms with Crippen molar-refractivity contribution in [3.05, 3.63) is 33.8 Å². The van der Waals surface area contributed by atoms with Gasteiger partial charge in [0.2, 0.25) is 5.91 Å². The maximum absolute atomic E-state index is 12.2. The van der Waals surface area contributed by atoms with Crippen LogP contribution in [0, 0.1) is 0 Å². The van der Waals surface area contributed by atoms with Crippen LogP contribution in [0.3, 0.4) is 0 Å². The van der Waals surface area contributed by atoms with Crippen LogP contribution in [0.1, 0.15) is 46.2 Å². The number of ether oxygens (including phenoxy) is 1. The molecule has 1 rings (SSSR count). The second-order valence-corrected chi connectivity index (χ2v) is 7.11. The van der Waals surface area contributed by atoms with E-state index < -0.39 is 17.7 Å². The van der Waals surface area contributed by atoms with Crippen LogP contribution < -0.4 is 10.6 Å². The van der Waals surface area contributed by atoms with Crippen molar-refractivity contribution in [1.29, 1.82) is 0 Å². The smallest absolute Gasteiger partial charge is 0.408 e. The largest absolute Gasteiger partial charge is 0.444 e. The molecule has 1 aromatic carbocycles. The van der Waals surface area contributed by atoms with E-state index in [2.05, 4.69) is 10.6 Å². The van der Waals surface area contributed by atoms with Gasteiger partial charge in [0.05, 0.1) is 6.04 Å². The molecule has 128 valence electrons. The molecule has 2 N–H and O–H groups in total. The van der Waals surface area contributed by atoms with Crippen molar-refractivity contribution in [2.24, 2.45) is 0 Å². The fourth-order valence-electron chi connectivity index (χ4n) is 1.82. The summed E-state index contributed by atoms with van der Waals surface area (Å²) in [7, 11) is 0. The molecule has 5 nitrogen and oxygen atoms in total. The first-order valence-corrected chi connectivity index (χ1v) is 8.00. The van der Waals surface area contributed by atoms with E-state index in [-0.39, 0.29) is 11.9 Å². The minimum absolute atomic E-state index is 0.324. The van der Waals surface area contributed by atoms with Crippen LogP contribution in [0.4, 0.5) is 4.79 Å². The predicted molar refractivity (Wildman–Crippen MR) is 91.9 cm³/mol. The first kappa shape index (κ1) is 19.6. The molecular weight excluding hydrogens is 339 g/mol. The van der Waals surface area contributed by atoms with Crippen molar-refractivity contribution < 1.29 is 14.3 Å². The van der Waals surface area contributed by atoms with Crippen molar-refractivity contribution in [3.8, 4) is 0 Å². The van der Waals surface area contributed by atoms with Gasteiger partial charge in [-0.25, -0.2) is 4.79 Å². The highest BCUT2D eigenvalue weighted by Gasteiger charge is 2.22. The number of amides is 2. The molecule has 0 aliphatic rings. The third kappa shape index (κ3) is 6.67. The van der Waals surface area contributed by atoms with Crippen LogP contribution in [-0.2, 0) is 9.53 Å². The average molecular weight is 361 g/mol. The highest BCUT2D eigenvalue weighted by molar-refractivity contribution is 6.35. The zero-order chi connectivity index (χ0) is 17.8. The Kier molecular flexibility index (Phi) is 6.71. The van der Waals surface area contributed by atoms with Crippen LogP contribution in [-0.4, -0.2) is 23.6 Å². The Bertz CT molecular complexity index is 585. The van der Waals surface area contributed by atoms with Gasteiger partial charge >= 0.3 is 6.09 Å². The summed E-state index contributed by atoms with van der Waals surface area (Å²) in [6.07, 6.45) is -0.641. The van der Waals surface area contributed by atoms with Gasteiger partial charge in [-0.15, -0.1) is 0 Å². The Morgan fingerprint density at radius 1 is 1.13 bits per heavy atom. The third-order valence-corrected chi connectivity index (χ3v) is 3.48. The second-order valence-electron chi connectivity index (χ2n) is 6.26. The molecule has 0 saturated heterocycles. The molecule has 2 amide bonds. The second kappa shape index (κ2) is 7.88. The molecule has 0 aliphatic heterocycles. The predicted octanol–water partition coefficient (Wildman–Crippen LogP) is 4.08. The number of alkyl carbamates (subject to hydrolysis) is 1. The lowest BCUT2D eigenvalue weighted by Crippen LogP contribution is -2.47. The molecule has 0 aliphatic carbocycles. The topological polar surface area (TPSA) is 67.4 Å². The Balaban J connectivity index is 2.62. The van der Waals surface area contributed by atoms with Crippen molar-refractivity contribution >= 4 is 35.2 Å². The molecule has 1 aromatic rings. The first-order chi connectivity index (χ1) is 10.5. The number of nitrogens with one attached hydrogen (secondary N) is 2. The van der Waals surface area contributed by atoms with E-state index in [0.29, 0.717) is 10.0 Å². The van der Waals surface area contributed by atoms with E-state index in [4.69, 9.17) is 27.9 Å². The maximum Gasteiger partial charge on any atom is 0.408 e. The summed E-state index contributed by atoms with van der Waals surface area (Å²) in [4.78, 5) is 23.8. The van der Waals surface area contributed by atoms with E-state index in [1.54, 1.807) is 52.8 Å². The van der Waals surface area contributed by atoms with Crippen LogP contribution >= 0.6 is 23.2 Å². The normalized spacial score (nSPS) is 13.9. The summed E-state index contributed by atoms with van der Waals surface area (Å²) in [5.41, 5.74) is 0.124. The van der Waals surface area contributed by atoms with E-state index in [1.165, 1.54) is 0 Å². The summed E-state index contributed by atoms with van der Waals surface area (Å²) in [6.45, 7) is 8.63. The number of carbonyl (C=O) groups is 2. The lowest BCUT2D eigenvalue weighted by Gasteiger charge is -2.23. The number of hydrogen-bond acceptors (Lipinski definition) is 3. The molecule has 0 bridgehead atoms. The minimum Gasteiger partial charge on any atom is -0.444 e. The van der Waals surface area contributed by atoms with Gasteiger partial charge in [0.15, 0.2) is 0 Å². The Morgan fingerprint density at radius 3 is 2.26 bits per heavy atom. The van der Waals surface area contributed by atoms with E-state index in [1.807, 2.05) is 0 Å². The summed E-state index contributed by atoms with van der Waals surface area (Å²) in [5, 5.41) is 6.27. The van der Waals surface area contributed by atoms with Gasteiger partial charge < -0.3 is 15.4 Å². The maximum atomic E-state index is 12.2. The molecule has 2 atom stereocenters. The van der Waals surface area contributed by atoms with Crippen molar-refractivity contribution in [3.63, 3.8) is 0 Å². The SMILES string of the molecule is CC(NC(=O)OC(C)(C)C)C(=O)NC(C)c1ccc(Cl)cc1Cl. The Morgan fingerprint density at radius 2 is 1.74 bits per heavy atom. The van der Waals surface area contributed by atoms with E-state index >= 15 is 0 Å². The number of benzene rings is 1. The van der Waals surface area contributed by atoms with Crippen molar-refractivity contribution in [2.75, 3.05) is 0 Å². The highest BCUT2D eigenvalue weighted by Crippen LogP contribution is 2.26. The molecule has 0 fully saturated rings. The average Bonchev–Trinajstić information content (AvgIpc) is 2.35. The van der Waals surface area contributed by atoms with Gasteiger partial charge in [-0.2, -0.15) is 0 Å². The number of hydrogen-bond donors (Lipinski definition) is 2. The standard InChI is InChI=1S/C16H22Cl2N2O3/c1-9(12-7-6-11(17)8-13(12)18)19-14(21)10(2)20-15(22)23-16(3,4)5/h6-10H,1-5H3,(H,19,21)(H,20,22). The minimum atomic E-state index is -0.738. The Labute approximate surface area is 146 Å². The van der Waals surface area contributed by atoms with Crippen LogP contribution in [0.2, 0.25) is 10.0 Å². The van der Waals surface area contributed by atoms with E-state index in [9.17, 15) is 9.59 Å². The van der Waals surface area contributed by atoms with Crippen molar-refractivity contribution in [1.82, 2.24) is 10.6 Å². The third-order valence-electron chi connectivity index (χ3n) is 2.91. The van der Waals surface area contributed by atoms with Gasteiger partial charge in [0, 0.05) is 10.0 Å². The molecule has 2 unspecified atom stereocenters. The summed E-state index contributed by atoms with van der Waals surface area (Å²) >= 11 is 12.0. The zero-order valence-corrected chi connectivity index (χ0v) is 15.4. The van der Waals surface area contributed by atoms with Gasteiger partial charge in [0.1, 0.15) is 11.6 Å². The van der Waals surface area contributed by atoms with Gasteiger partial charge in [-0.1, -0.05) is 29.3 Å². The quantitative estimate of drug-likeness (QED) is 0.849. The van der Waals surface area contributed by atoms with Gasteiger partial charge in [0.25, 0.3) is 0 Å².